The van der Waals surface area contributed by atoms with Crippen LogP contribution in [-0.4, -0.2) is 32.9 Å². The van der Waals surface area contributed by atoms with Crippen molar-refractivity contribution in [2.24, 2.45) is 0 Å². The fourth-order valence-electron chi connectivity index (χ4n) is 3.07. The summed E-state index contributed by atoms with van der Waals surface area (Å²) in [6.45, 7) is 0.876. The van der Waals surface area contributed by atoms with Crippen LogP contribution in [0, 0.1) is 0 Å². The fraction of sp³-hybridized carbons (Fsp3) is 0.353. The lowest BCUT2D eigenvalue weighted by Crippen LogP contribution is -2.38. The van der Waals surface area contributed by atoms with Crippen molar-refractivity contribution in [2.45, 2.75) is 24.5 Å². The monoisotopic (exact) mass is 333 g/mol. The minimum atomic E-state index is -2.95. The van der Waals surface area contributed by atoms with Crippen molar-refractivity contribution in [1.29, 1.82) is 0 Å². The highest BCUT2D eigenvalue weighted by Gasteiger charge is 2.39. The highest BCUT2D eigenvalue weighted by atomic mass is 32.3. The van der Waals surface area contributed by atoms with Gasteiger partial charge in [-0.2, -0.15) is 0 Å². The lowest BCUT2D eigenvalue weighted by Gasteiger charge is -2.52. The summed E-state index contributed by atoms with van der Waals surface area (Å²) in [6.07, 6.45) is 5.75. The van der Waals surface area contributed by atoms with Crippen LogP contribution in [0.4, 0.5) is 11.4 Å². The molecule has 23 heavy (non-hydrogen) atoms. The van der Waals surface area contributed by atoms with E-state index in [9.17, 15) is 9.11 Å². The number of anilines is 2. The number of rotatable bonds is 5. The third kappa shape index (κ3) is 3.21. The van der Waals surface area contributed by atoms with E-state index < -0.39 is 10.8 Å². The van der Waals surface area contributed by atoms with E-state index in [2.05, 4.69) is 16.4 Å². The molecular formula is C17H23N3O2S. The molecule has 1 unspecified atom stereocenters. The number of para-hydroxylation sites is 1. The molecule has 0 bridgehead atoms. The molecule has 1 aromatic carbocycles. The first-order valence-corrected chi connectivity index (χ1v) is 9.41. The zero-order valence-corrected chi connectivity index (χ0v) is 14.0. The molecule has 0 spiro atoms. The quantitative estimate of drug-likeness (QED) is 0.726. The molecule has 6 heteroatoms. The van der Waals surface area contributed by atoms with Crippen LogP contribution in [0.3, 0.4) is 0 Å². The molecule has 1 aromatic heterocycles. The van der Waals surface area contributed by atoms with E-state index in [-0.39, 0.29) is 5.25 Å². The molecule has 2 heterocycles. The van der Waals surface area contributed by atoms with Crippen molar-refractivity contribution in [3.63, 3.8) is 0 Å². The number of hydrogen-bond acceptors (Lipinski definition) is 5. The van der Waals surface area contributed by atoms with Crippen molar-refractivity contribution >= 4 is 22.2 Å². The largest absolute Gasteiger partial charge is 0.320 e. The topological polar surface area (TPSA) is 68.6 Å². The molecule has 0 saturated heterocycles. The second kappa shape index (κ2) is 6.88. The fourth-order valence-corrected chi connectivity index (χ4v) is 5.14. The Bertz CT molecular complexity index is 651. The van der Waals surface area contributed by atoms with Crippen LogP contribution in [0.1, 0.15) is 18.4 Å². The van der Waals surface area contributed by atoms with E-state index in [1.165, 1.54) is 0 Å². The van der Waals surface area contributed by atoms with E-state index >= 15 is 0 Å². The number of nitrogens with one attached hydrogen (secondary N) is 1. The summed E-state index contributed by atoms with van der Waals surface area (Å²) in [5.74, 6) is 0. The number of aromatic nitrogens is 1. The molecule has 0 fully saturated rings. The molecule has 0 radical (unpaired) electrons. The van der Waals surface area contributed by atoms with Gasteiger partial charge in [-0.25, -0.2) is 4.31 Å². The smallest absolute Gasteiger partial charge is 0.0810 e. The van der Waals surface area contributed by atoms with Gasteiger partial charge in [-0.15, -0.1) is 10.8 Å². The van der Waals surface area contributed by atoms with Gasteiger partial charge in [0.1, 0.15) is 0 Å². The maximum absolute atomic E-state index is 11.0. The summed E-state index contributed by atoms with van der Waals surface area (Å²) < 4.78 is 23.7. The first-order chi connectivity index (χ1) is 11.1. The third-order valence-corrected chi connectivity index (χ3v) is 6.45. The molecule has 3 N–H and O–H groups in total. The number of hydrogen-bond donors (Lipinski definition) is 3. The Balaban J connectivity index is 2.00. The lowest BCUT2D eigenvalue weighted by atomic mass is 10.0. The van der Waals surface area contributed by atoms with Crippen molar-refractivity contribution in [2.75, 3.05) is 17.9 Å². The van der Waals surface area contributed by atoms with Gasteiger partial charge in [-0.05, 0) is 56.6 Å². The Hall–Kier alpha value is -1.60. The molecule has 1 aliphatic rings. The Morgan fingerprint density at radius 3 is 2.83 bits per heavy atom. The molecule has 0 saturated carbocycles. The van der Waals surface area contributed by atoms with Crippen LogP contribution in [0.2, 0.25) is 0 Å². The zero-order chi connectivity index (χ0) is 16.3. The summed E-state index contributed by atoms with van der Waals surface area (Å²) in [7, 11) is -1.03. The van der Waals surface area contributed by atoms with Crippen molar-refractivity contribution < 1.29 is 9.11 Å². The molecule has 0 amide bonds. The van der Waals surface area contributed by atoms with Crippen molar-refractivity contribution in [3.8, 4) is 0 Å². The van der Waals surface area contributed by atoms with Crippen LogP contribution in [0.5, 0.6) is 0 Å². The average molecular weight is 333 g/mol. The second-order valence-electron chi connectivity index (χ2n) is 5.77. The number of benzene rings is 1. The zero-order valence-electron chi connectivity index (χ0n) is 13.2. The van der Waals surface area contributed by atoms with Gasteiger partial charge in [0, 0.05) is 6.20 Å². The minimum Gasteiger partial charge on any atom is -0.320 e. The first-order valence-electron chi connectivity index (χ1n) is 7.84. The Kier molecular flexibility index (Phi) is 4.87. The van der Waals surface area contributed by atoms with Crippen LogP contribution in [0.25, 0.3) is 0 Å². The number of pyridine rings is 1. The summed E-state index contributed by atoms with van der Waals surface area (Å²) in [6, 6.07) is 11.6. The first kappa shape index (κ1) is 16.3. The molecule has 124 valence electrons. The second-order valence-corrected chi connectivity index (χ2v) is 7.92. The third-order valence-electron chi connectivity index (χ3n) is 4.21. The van der Waals surface area contributed by atoms with Gasteiger partial charge in [0.05, 0.1) is 22.8 Å². The van der Waals surface area contributed by atoms with Crippen LogP contribution in [0.15, 0.2) is 48.8 Å². The van der Waals surface area contributed by atoms with Crippen LogP contribution >= 0.6 is 10.8 Å². The number of fused-ring (bicyclic) bond motifs is 1. The van der Waals surface area contributed by atoms with Gasteiger partial charge < -0.3 is 5.32 Å². The predicted molar refractivity (Wildman–Crippen MR) is 96.3 cm³/mol. The predicted octanol–water partition coefficient (Wildman–Crippen LogP) is 3.81. The van der Waals surface area contributed by atoms with Crippen LogP contribution in [-0.2, 0) is 6.42 Å². The molecule has 2 aromatic rings. The Morgan fingerprint density at radius 1 is 1.26 bits per heavy atom. The van der Waals surface area contributed by atoms with Gasteiger partial charge in [0.2, 0.25) is 0 Å². The average Bonchev–Trinajstić information content (AvgIpc) is 2.56. The van der Waals surface area contributed by atoms with E-state index in [4.69, 9.17) is 0 Å². The van der Waals surface area contributed by atoms with Gasteiger partial charge >= 0.3 is 0 Å². The number of nitrogens with zero attached hydrogens (tertiary/aromatic N) is 2. The van der Waals surface area contributed by atoms with E-state index in [1.54, 1.807) is 16.7 Å². The van der Waals surface area contributed by atoms with Gasteiger partial charge in [0.25, 0.3) is 0 Å². The minimum absolute atomic E-state index is 0.175. The van der Waals surface area contributed by atoms with Crippen LogP contribution < -0.4 is 9.62 Å². The van der Waals surface area contributed by atoms with E-state index in [0.717, 1.165) is 36.3 Å². The Morgan fingerprint density at radius 2 is 2.09 bits per heavy atom. The van der Waals surface area contributed by atoms with Gasteiger partial charge in [-0.3, -0.25) is 14.1 Å². The highest BCUT2D eigenvalue weighted by molar-refractivity contribution is 8.26. The summed E-state index contributed by atoms with van der Waals surface area (Å²) >= 11 is 0. The van der Waals surface area contributed by atoms with Gasteiger partial charge in [-0.1, -0.05) is 18.2 Å². The van der Waals surface area contributed by atoms with Crippen molar-refractivity contribution in [3.05, 3.63) is 54.4 Å². The lowest BCUT2D eigenvalue weighted by molar-refractivity contribution is 0.454. The SMILES string of the molecule is CNCCCC1Cc2ccccc2N(c2cccnc2)S1(O)O. The highest BCUT2D eigenvalue weighted by Crippen LogP contribution is 2.60. The van der Waals surface area contributed by atoms with E-state index in [1.807, 2.05) is 37.4 Å². The summed E-state index contributed by atoms with van der Waals surface area (Å²) in [4.78, 5) is 4.14. The molecule has 1 aliphatic heterocycles. The summed E-state index contributed by atoms with van der Waals surface area (Å²) in [5, 5.41) is 2.94. The molecular weight excluding hydrogens is 310 g/mol. The maximum atomic E-state index is 11.0. The standard InChI is InChI=1S/C17H23N3O2S/c1-18-10-5-8-16-12-14-6-2-3-9-17(14)20(23(16,21)22)15-7-4-11-19-13-15/h2-4,6-7,9,11,13,16,18,21-22H,5,8,10,12H2,1H3. The Labute approximate surface area is 138 Å². The summed E-state index contributed by atoms with van der Waals surface area (Å²) in [5.41, 5.74) is 2.74. The molecule has 0 aliphatic carbocycles. The molecule has 5 nitrogen and oxygen atoms in total. The van der Waals surface area contributed by atoms with Crippen molar-refractivity contribution in [1.82, 2.24) is 10.3 Å². The van der Waals surface area contributed by atoms with Gasteiger partial charge in [0.15, 0.2) is 0 Å². The van der Waals surface area contributed by atoms with E-state index in [0.29, 0.717) is 6.42 Å². The normalized spacial score (nSPS) is 20.8. The molecule has 1 atom stereocenters. The maximum Gasteiger partial charge on any atom is 0.0810 e. The molecule has 3 rings (SSSR count).